The quantitative estimate of drug-likeness (QED) is 0.523. The summed E-state index contributed by atoms with van der Waals surface area (Å²) in [6.07, 6.45) is 2.91. The second-order valence-corrected chi connectivity index (χ2v) is 9.03. The summed E-state index contributed by atoms with van der Waals surface area (Å²) in [5, 5.41) is 2.39. The molecule has 156 valence electrons. The van der Waals surface area contributed by atoms with Crippen molar-refractivity contribution in [2.75, 3.05) is 24.7 Å². The highest BCUT2D eigenvalue weighted by molar-refractivity contribution is 7.98. The Kier molecular flexibility index (Phi) is 6.66. The molecule has 1 aromatic carbocycles. The molecule has 1 unspecified atom stereocenters. The summed E-state index contributed by atoms with van der Waals surface area (Å²) < 4.78 is 37.1. The van der Waals surface area contributed by atoms with Gasteiger partial charge in [0, 0.05) is 17.1 Å². The molecule has 0 spiro atoms. The van der Waals surface area contributed by atoms with Crippen LogP contribution in [-0.4, -0.2) is 50.0 Å². The number of anilines is 1. The number of furan rings is 1. The van der Waals surface area contributed by atoms with Crippen molar-refractivity contribution in [3.63, 3.8) is 0 Å². The molecule has 0 aliphatic carbocycles. The number of esters is 1. The Balaban J connectivity index is 1.76. The van der Waals surface area contributed by atoms with Gasteiger partial charge in [0.2, 0.25) is 16.8 Å². The topological polar surface area (TPSA) is 106 Å². The Morgan fingerprint density at radius 2 is 1.97 bits per heavy atom. The van der Waals surface area contributed by atoms with E-state index in [4.69, 9.17) is 9.15 Å². The van der Waals surface area contributed by atoms with Crippen LogP contribution in [0.2, 0.25) is 0 Å². The minimum atomic E-state index is -4.07. The van der Waals surface area contributed by atoms with E-state index in [1.54, 1.807) is 30.8 Å². The maximum Gasteiger partial charge on any atom is 0.374 e. The largest absolute Gasteiger partial charge is 0.460 e. The van der Waals surface area contributed by atoms with E-state index in [0.717, 1.165) is 9.20 Å². The molecule has 0 bridgehead atoms. The molecule has 1 aliphatic rings. The number of hydrogen-bond donors (Lipinski definition) is 1. The lowest BCUT2D eigenvalue weighted by atomic mass is 10.2. The Hall–Kier alpha value is -2.30. The molecule has 10 heteroatoms. The Labute approximate surface area is 173 Å². The molecule has 2 heterocycles. The van der Waals surface area contributed by atoms with Gasteiger partial charge >= 0.3 is 5.97 Å². The van der Waals surface area contributed by atoms with Gasteiger partial charge < -0.3 is 14.5 Å². The van der Waals surface area contributed by atoms with E-state index in [2.05, 4.69) is 5.32 Å². The zero-order valence-corrected chi connectivity index (χ0v) is 17.7. The van der Waals surface area contributed by atoms with Gasteiger partial charge in [-0.05, 0) is 62.4 Å². The molecule has 0 saturated carbocycles. The third kappa shape index (κ3) is 4.65. The standard InChI is InChI=1S/C19H22N2O6S2/c1-3-26-19(23)16-10-11-17(27-16)29(24,25)21-12-4-5-15(21)18(22)20-13-6-8-14(28-2)9-7-13/h6-11,15H,3-5,12H2,1-2H3,(H,20,22). The van der Waals surface area contributed by atoms with Crippen molar-refractivity contribution in [3.8, 4) is 0 Å². The van der Waals surface area contributed by atoms with Gasteiger partial charge in [0.05, 0.1) is 6.61 Å². The first-order valence-corrected chi connectivity index (χ1v) is 11.8. The molecule has 3 rings (SSSR count). The highest BCUT2D eigenvalue weighted by Gasteiger charge is 2.41. The predicted molar refractivity (Wildman–Crippen MR) is 108 cm³/mol. The van der Waals surface area contributed by atoms with Crippen LogP contribution in [0.4, 0.5) is 5.69 Å². The number of benzene rings is 1. The molecule has 1 aromatic heterocycles. The van der Waals surface area contributed by atoms with Crippen LogP contribution in [0.5, 0.6) is 0 Å². The maximum atomic E-state index is 13.0. The number of ether oxygens (including phenoxy) is 1. The Morgan fingerprint density at radius 3 is 2.62 bits per heavy atom. The smallest absolute Gasteiger partial charge is 0.374 e. The number of rotatable bonds is 7. The number of hydrogen-bond acceptors (Lipinski definition) is 7. The van der Waals surface area contributed by atoms with Crippen LogP contribution < -0.4 is 5.32 Å². The minimum Gasteiger partial charge on any atom is -0.460 e. The van der Waals surface area contributed by atoms with Gasteiger partial charge in [0.1, 0.15) is 6.04 Å². The number of amides is 1. The number of carbonyl (C=O) groups is 2. The first kappa shape index (κ1) is 21.4. The summed E-state index contributed by atoms with van der Waals surface area (Å²) in [4.78, 5) is 25.5. The van der Waals surface area contributed by atoms with Crippen LogP contribution in [0.25, 0.3) is 0 Å². The average molecular weight is 439 g/mol. The van der Waals surface area contributed by atoms with Crippen LogP contribution in [0.1, 0.15) is 30.3 Å². The van der Waals surface area contributed by atoms with Gasteiger partial charge in [-0.3, -0.25) is 4.79 Å². The summed E-state index contributed by atoms with van der Waals surface area (Å²) in [5.74, 6) is -1.34. The molecular weight excluding hydrogens is 416 g/mol. The van der Waals surface area contributed by atoms with E-state index >= 15 is 0 Å². The molecule has 8 nitrogen and oxygen atoms in total. The fourth-order valence-electron chi connectivity index (χ4n) is 3.08. The summed E-state index contributed by atoms with van der Waals surface area (Å²) in [6, 6.07) is 8.91. The van der Waals surface area contributed by atoms with Gasteiger partial charge in [-0.25, -0.2) is 13.2 Å². The number of nitrogens with one attached hydrogen (secondary N) is 1. The van der Waals surface area contributed by atoms with Crippen LogP contribution in [0.3, 0.4) is 0 Å². The van der Waals surface area contributed by atoms with Crippen LogP contribution in [-0.2, 0) is 19.6 Å². The third-order valence-corrected chi connectivity index (χ3v) is 7.01. The van der Waals surface area contributed by atoms with Crippen molar-refractivity contribution < 1.29 is 27.2 Å². The van der Waals surface area contributed by atoms with E-state index in [-0.39, 0.29) is 24.0 Å². The molecule has 0 radical (unpaired) electrons. The summed E-state index contributed by atoms with van der Waals surface area (Å²) in [6.45, 7) is 1.98. The molecule has 1 N–H and O–H groups in total. The van der Waals surface area contributed by atoms with Crippen LogP contribution in [0.15, 0.2) is 50.8 Å². The van der Waals surface area contributed by atoms with E-state index < -0.39 is 27.9 Å². The molecule has 1 amide bonds. The maximum absolute atomic E-state index is 13.0. The second-order valence-electron chi connectivity index (χ2n) is 6.33. The predicted octanol–water partition coefficient (Wildman–Crippen LogP) is 2.97. The van der Waals surface area contributed by atoms with Crippen molar-refractivity contribution in [2.45, 2.75) is 35.8 Å². The van der Waals surface area contributed by atoms with Gasteiger partial charge in [-0.2, -0.15) is 4.31 Å². The first-order chi connectivity index (χ1) is 13.9. The monoisotopic (exact) mass is 438 g/mol. The van der Waals surface area contributed by atoms with E-state index in [0.29, 0.717) is 18.5 Å². The molecule has 1 atom stereocenters. The van der Waals surface area contributed by atoms with Crippen LogP contribution >= 0.6 is 11.8 Å². The Morgan fingerprint density at radius 1 is 1.24 bits per heavy atom. The van der Waals surface area contributed by atoms with Crippen molar-refractivity contribution in [1.82, 2.24) is 4.31 Å². The van der Waals surface area contributed by atoms with E-state index in [1.165, 1.54) is 12.1 Å². The van der Waals surface area contributed by atoms with E-state index in [1.807, 2.05) is 18.4 Å². The average Bonchev–Trinajstić information content (AvgIpc) is 3.39. The van der Waals surface area contributed by atoms with E-state index in [9.17, 15) is 18.0 Å². The number of carbonyl (C=O) groups excluding carboxylic acids is 2. The zero-order valence-electron chi connectivity index (χ0n) is 16.1. The van der Waals surface area contributed by atoms with Crippen molar-refractivity contribution in [1.29, 1.82) is 0 Å². The number of thioether (sulfide) groups is 1. The molecule has 29 heavy (non-hydrogen) atoms. The Bertz CT molecular complexity index is 984. The lowest BCUT2D eigenvalue weighted by Crippen LogP contribution is -2.43. The number of nitrogens with zero attached hydrogens (tertiary/aromatic N) is 1. The third-order valence-electron chi connectivity index (χ3n) is 4.48. The molecule has 2 aromatic rings. The van der Waals surface area contributed by atoms with Gasteiger partial charge in [-0.1, -0.05) is 0 Å². The fraction of sp³-hybridized carbons (Fsp3) is 0.368. The van der Waals surface area contributed by atoms with Gasteiger partial charge in [-0.15, -0.1) is 11.8 Å². The lowest BCUT2D eigenvalue weighted by molar-refractivity contribution is -0.119. The van der Waals surface area contributed by atoms with Crippen LogP contribution in [0, 0.1) is 0 Å². The second kappa shape index (κ2) is 9.02. The van der Waals surface area contributed by atoms with Crippen molar-refractivity contribution in [3.05, 3.63) is 42.2 Å². The summed E-state index contributed by atoms with van der Waals surface area (Å²) in [7, 11) is -4.07. The number of sulfonamides is 1. The highest BCUT2D eigenvalue weighted by atomic mass is 32.2. The van der Waals surface area contributed by atoms with Crippen molar-refractivity contribution in [2.24, 2.45) is 0 Å². The zero-order chi connectivity index (χ0) is 21.0. The first-order valence-electron chi connectivity index (χ1n) is 9.10. The molecule has 1 aliphatic heterocycles. The highest BCUT2D eigenvalue weighted by Crippen LogP contribution is 2.28. The fourth-order valence-corrected chi connectivity index (χ4v) is 5.06. The minimum absolute atomic E-state index is 0.147. The molecular formula is C19H22N2O6S2. The molecule has 1 saturated heterocycles. The normalized spacial score (nSPS) is 17.2. The van der Waals surface area contributed by atoms with Gasteiger partial charge in [0.25, 0.3) is 10.0 Å². The lowest BCUT2D eigenvalue weighted by Gasteiger charge is -2.22. The van der Waals surface area contributed by atoms with Gasteiger partial charge in [0.15, 0.2) is 0 Å². The SMILES string of the molecule is CCOC(=O)c1ccc(S(=O)(=O)N2CCCC2C(=O)Nc2ccc(SC)cc2)o1. The molecule has 1 fully saturated rings. The van der Waals surface area contributed by atoms with Crippen molar-refractivity contribution >= 4 is 39.3 Å². The summed E-state index contributed by atoms with van der Waals surface area (Å²) in [5.41, 5.74) is 0.597. The summed E-state index contributed by atoms with van der Waals surface area (Å²) >= 11 is 1.59.